The van der Waals surface area contributed by atoms with Crippen LogP contribution in [0.15, 0.2) is 35.3 Å². The third-order valence-corrected chi connectivity index (χ3v) is 7.07. The van der Waals surface area contributed by atoms with Crippen LogP contribution < -0.4 is 0 Å². The van der Waals surface area contributed by atoms with Gasteiger partial charge in [-0.2, -0.15) is 0 Å². The molecule has 2 nitrogen and oxygen atoms in total. The van der Waals surface area contributed by atoms with E-state index in [2.05, 4.69) is 28.6 Å². The maximum Gasteiger partial charge on any atom is 0.306 e. The largest absolute Gasteiger partial charge is 0.462 e. The highest BCUT2D eigenvalue weighted by atomic mass is 79.9. The number of carbonyl (C=O) groups excluding carboxylic acids is 1. The monoisotopic (exact) mass is 436 g/mol. The summed E-state index contributed by atoms with van der Waals surface area (Å²) in [5.41, 5.74) is 1.14. The third-order valence-electron chi connectivity index (χ3n) is 6.42. The van der Waals surface area contributed by atoms with Gasteiger partial charge in [0.05, 0.1) is 4.47 Å². The van der Waals surface area contributed by atoms with Crippen LogP contribution in [-0.4, -0.2) is 12.1 Å². The van der Waals surface area contributed by atoms with Gasteiger partial charge in [0.1, 0.15) is 11.9 Å². The van der Waals surface area contributed by atoms with Gasteiger partial charge in [0.2, 0.25) is 0 Å². The van der Waals surface area contributed by atoms with E-state index in [0.29, 0.717) is 23.2 Å². The van der Waals surface area contributed by atoms with Gasteiger partial charge >= 0.3 is 5.97 Å². The van der Waals surface area contributed by atoms with Crippen molar-refractivity contribution in [2.45, 2.75) is 76.2 Å². The zero-order valence-electron chi connectivity index (χ0n) is 16.0. The molecule has 1 aromatic carbocycles. The topological polar surface area (TPSA) is 26.3 Å². The molecular weight excluding hydrogens is 407 g/mol. The molecule has 0 heterocycles. The highest BCUT2D eigenvalue weighted by Gasteiger charge is 2.32. The van der Waals surface area contributed by atoms with E-state index < -0.39 is 0 Å². The molecule has 0 N–H and O–H groups in total. The van der Waals surface area contributed by atoms with Crippen molar-refractivity contribution in [2.75, 3.05) is 0 Å². The van der Waals surface area contributed by atoms with E-state index in [-0.39, 0.29) is 17.9 Å². The standard InChI is InChI=1S/C23H30BrFO2/c1-2-3-4-23(26)27-20-12-9-17(10-13-20)16-5-7-18(8-6-16)19-11-14-21(24)22(25)15-19/h2,11,14-18,20H,1,3-10,12-13H2. The molecule has 3 rings (SSSR count). The SMILES string of the molecule is C=CCCC(=O)OC1CCC(C2CCC(c3ccc(Br)c(F)c3)CC2)CC1. The van der Waals surface area contributed by atoms with Gasteiger partial charge in [0.25, 0.3) is 0 Å². The molecule has 2 aliphatic rings. The van der Waals surface area contributed by atoms with Gasteiger partial charge < -0.3 is 4.74 Å². The Morgan fingerprint density at radius 3 is 2.33 bits per heavy atom. The molecule has 0 spiro atoms. The predicted molar refractivity (Wildman–Crippen MR) is 110 cm³/mol. The summed E-state index contributed by atoms with van der Waals surface area (Å²) >= 11 is 3.24. The Morgan fingerprint density at radius 1 is 1.11 bits per heavy atom. The average molecular weight is 437 g/mol. The van der Waals surface area contributed by atoms with Crippen molar-refractivity contribution >= 4 is 21.9 Å². The van der Waals surface area contributed by atoms with Crippen LogP contribution in [-0.2, 0) is 9.53 Å². The first kappa shape index (κ1) is 20.6. The molecule has 0 bridgehead atoms. The lowest BCUT2D eigenvalue weighted by Gasteiger charge is -2.37. The second-order valence-corrected chi connectivity index (χ2v) is 8.99. The fraction of sp³-hybridized carbons (Fsp3) is 0.609. The normalized spacial score (nSPS) is 28.5. The maximum absolute atomic E-state index is 13.8. The van der Waals surface area contributed by atoms with Crippen molar-refractivity contribution < 1.29 is 13.9 Å². The smallest absolute Gasteiger partial charge is 0.306 e. The summed E-state index contributed by atoms with van der Waals surface area (Å²) in [7, 11) is 0. The van der Waals surface area contributed by atoms with Crippen molar-refractivity contribution in [1.82, 2.24) is 0 Å². The van der Waals surface area contributed by atoms with Gasteiger partial charge in [0.15, 0.2) is 0 Å². The number of halogens is 2. The van der Waals surface area contributed by atoms with Crippen LogP contribution in [0.5, 0.6) is 0 Å². The van der Waals surface area contributed by atoms with Crippen molar-refractivity contribution in [3.05, 3.63) is 46.7 Å². The van der Waals surface area contributed by atoms with Crippen LogP contribution in [0.25, 0.3) is 0 Å². The summed E-state index contributed by atoms with van der Waals surface area (Å²) in [6.45, 7) is 3.65. The van der Waals surface area contributed by atoms with Gasteiger partial charge in [-0.15, -0.1) is 6.58 Å². The fourth-order valence-corrected chi connectivity index (χ4v) is 5.08. The molecule has 0 atom stereocenters. The van der Waals surface area contributed by atoms with Crippen LogP contribution in [0.2, 0.25) is 0 Å². The van der Waals surface area contributed by atoms with Crippen LogP contribution in [0.3, 0.4) is 0 Å². The Morgan fingerprint density at radius 2 is 1.74 bits per heavy atom. The van der Waals surface area contributed by atoms with Gasteiger partial charge in [-0.3, -0.25) is 4.79 Å². The number of rotatable bonds is 6. The number of carbonyl (C=O) groups is 1. The van der Waals surface area contributed by atoms with E-state index in [1.165, 1.54) is 25.7 Å². The van der Waals surface area contributed by atoms with E-state index in [9.17, 15) is 9.18 Å². The molecule has 1 aromatic rings. The van der Waals surface area contributed by atoms with Gasteiger partial charge in [-0.25, -0.2) is 4.39 Å². The van der Waals surface area contributed by atoms with E-state index >= 15 is 0 Å². The summed E-state index contributed by atoms with van der Waals surface area (Å²) in [6.07, 6.45) is 12.1. The maximum atomic E-state index is 13.8. The van der Waals surface area contributed by atoms with E-state index in [0.717, 1.165) is 43.1 Å². The lowest BCUT2D eigenvalue weighted by Crippen LogP contribution is -2.29. The Balaban J connectivity index is 1.42. The van der Waals surface area contributed by atoms with E-state index in [4.69, 9.17) is 4.74 Å². The number of hydrogen-bond acceptors (Lipinski definition) is 2. The molecule has 0 aromatic heterocycles. The number of ether oxygens (including phenoxy) is 1. The van der Waals surface area contributed by atoms with Gasteiger partial charge in [-0.1, -0.05) is 12.1 Å². The van der Waals surface area contributed by atoms with Gasteiger partial charge in [-0.05, 0) is 109 Å². The van der Waals surface area contributed by atoms with Crippen LogP contribution in [0.4, 0.5) is 4.39 Å². The molecule has 0 aliphatic heterocycles. The second-order valence-electron chi connectivity index (χ2n) is 8.14. The Bertz CT molecular complexity index is 644. The summed E-state index contributed by atoms with van der Waals surface area (Å²) in [4.78, 5) is 11.8. The zero-order valence-corrected chi connectivity index (χ0v) is 17.6. The predicted octanol–water partition coefficient (Wildman–Crippen LogP) is 6.93. The average Bonchev–Trinajstić information content (AvgIpc) is 2.69. The molecule has 0 unspecified atom stereocenters. The van der Waals surface area contributed by atoms with Crippen molar-refractivity contribution in [3.63, 3.8) is 0 Å². The minimum Gasteiger partial charge on any atom is -0.462 e. The highest BCUT2D eigenvalue weighted by Crippen LogP contribution is 2.43. The Kier molecular flexibility index (Phi) is 7.51. The summed E-state index contributed by atoms with van der Waals surface area (Å²) < 4.78 is 20.0. The molecule has 2 aliphatic carbocycles. The number of benzene rings is 1. The van der Waals surface area contributed by atoms with Crippen molar-refractivity contribution in [1.29, 1.82) is 0 Å². The minimum absolute atomic E-state index is 0.0828. The number of hydrogen-bond donors (Lipinski definition) is 0. The first-order valence-corrected chi connectivity index (χ1v) is 11.1. The zero-order chi connectivity index (χ0) is 19.2. The minimum atomic E-state index is -0.157. The quantitative estimate of drug-likeness (QED) is 0.356. The molecule has 2 saturated carbocycles. The summed E-state index contributed by atoms with van der Waals surface area (Å²) in [5, 5.41) is 0. The number of allylic oxidation sites excluding steroid dienone is 1. The lowest BCUT2D eigenvalue weighted by molar-refractivity contribution is -0.151. The van der Waals surface area contributed by atoms with Crippen molar-refractivity contribution in [3.8, 4) is 0 Å². The Labute approximate surface area is 170 Å². The van der Waals surface area contributed by atoms with Gasteiger partial charge in [0, 0.05) is 6.42 Å². The first-order valence-electron chi connectivity index (χ1n) is 10.3. The van der Waals surface area contributed by atoms with Crippen LogP contribution >= 0.6 is 15.9 Å². The molecule has 27 heavy (non-hydrogen) atoms. The summed E-state index contributed by atoms with van der Waals surface area (Å²) in [5.74, 6) is 1.79. The molecule has 148 valence electrons. The highest BCUT2D eigenvalue weighted by molar-refractivity contribution is 9.10. The van der Waals surface area contributed by atoms with Crippen molar-refractivity contribution in [2.24, 2.45) is 11.8 Å². The van der Waals surface area contributed by atoms with Crippen LogP contribution in [0.1, 0.15) is 75.7 Å². The number of esters is 1. The molecule has 4 heteroatoms. The summed E-state index contributed by atoms with van der Waals surface area (Å²) in [6, 6.07) is 5.58. The fourth-order valence-electron chi connectivity index (χ4n) is 4.83. The first-order chi connectivity index (χ1) is 13.1. The molecule has 0 saturated heterocycles. The molecule has 2 fully saturated rings. The third kappa shape index (κ3) is 5.66. The van der Waals surface area contributed by atoms with E-state index in [1.54, 1.807) is 12.1 Å². The molecule has 0 radical (unpaired) electrons. The molecular formula is C23H30BrFO2. The Hall–Kier alpha value is -1.16. The lowest BCUT2D eigenvalue weighted by atomic mass is 9.69. The molecule has 0 amide bonds. The van der Waals surface area contributed by atoms with E-state index in [1.807, 2.05) is 6.07 Å². The van der Waals surface area contributed by atoms with Crippen LogP contribution in [0, 0.1) is 17.7 Å². The second kappa shape index (κ2) is 9.86.